The summed E-state index contributed by atoms with van der Waals surface area (Å²) in [7, 11) is 0. The Balaban J connectivity index is 2.14. The fourth-order valence-corrected chi connectivity index (χ4v) is 8.18. The minimum Gasteiger partial charge on any atom is -0.465 e. The second-order valence-corrected chi connectivity index (χ2v) is 14.6. The maximum absolute atomic E-state index is 14.8. The number of aliphatic hydroxyl groups is 1. The number of likely N-dealkylation sites (tertiary alicyclic amines) is 1. The molecule has 0 saturated carbocycles. The van der Waals surface area contributed by atoms with E-state index in [2.05, 4.69) is 49.9 Å². The van der Waals surface area contributed by atoms with Crippen molar-refractivity contribution in [1.29, 1.82) is 0 Å². The van der Waals surface area contributed by atoms with Gasteiger partial charge in [-0.15, -0.1) is 13.2 Å². The van der Waals surface area contributed by atoms with Crippen molar-refractivity contribution in [2.24, 2.45) is 23.2 Å². The molecular formula is C30H47BrN2O6. The molecule has 0 aromatic carbocycles. The van der Waals surface area contributed by atoms with Crippen LogP contribution in [0.3, 0.4) is 0 Å². The van der Waals surface area contributed by atoms with E-state index in [1.165, 1.54) is 4.90 Å². The van der Waals surface area contributed by atoms with E-state index in [0.717, 1.165) is 0 Å². The average Bonchev–Trinajstić information content (AvgIpc) is 3.39. The first-order chi connectivity index (χ1) is 18.1. The van der Waals surface area contributed by atoms with Gasteiger partial charge in [0.15, 0.2) is 0 Å². The third-order valence-corrected chi connectivity index (χ3v) is 9.23. The standard InChI is InChI=1S/C30H47BrN2O6/c1-10-12-14-38-27(37)21-22-25(35)33(20(16-34)18(3)4)24(30(22)15-19(31)23(21)39-30)26(36)32(13-11-2)29(8,9)17-28(5,6)7/h10-11,18-24,34H,1-2,12-17H2,3-9H3/t19?,20-,21-,22-,23-,24?,30?/m0/s1. The Hall–Kier alpha value is -1.71. The van der Waals surface area contributed by atoms with Crippen LogP contribution in [0.15, 0.2) is 25.3 Å². The highest BCUT2D eigenvalue weighted by Crippen LogP contribution is 2.61. The molecule has 7 atom stereocenters. The summed E-state index contributed by atoms with van der Waals surface area (Å²) in [4.78, 5) is 45.5. The normalized spacial score (nSPS) is 30.9. The molecule has 8 nitrogen and oxygen atoms in total. The molecule has 1 N–H and O–H groups in total. The number of alkyl halides is 1. The second-order valence-electron chi connectivity index (χ2n) is 13.4. The molecule has 0 aromatic heterocycles. The Morgan fingerprint density at radius 3 is 2.41 bits per heavy atom. The van der Waals surface area contributed by atoms with Crippen molar-refractivity contribution in [3.63, 3.8) is 0 Å². The lowest BCUT2D eigenvalue weighted by molar-refractivity contribution is -0.158. The van der Waals surface area contributed by atoms with Gasteiger partial charge in [0.1, 0.15) is 11.6 Å². The Kier molecular flexibility index (Phi) is 9.50. The van der Waals surface area contributed by atoms with Crippen LogP contribution in [-0.2, 0) is 23.9 Å². The van der Waals surface area contributed by atoms with Gasteiger partial charge in [-0.2, -0.15) is 0 Å². The van der Waals surface area contributed by atoms with Gasteiger partial charge >= 0.3 is 5.97 Å². The lowest BCUT2D eigenvalue weighted by atomic mass is 9.70. The first-order valence-corrected chi connectivity index (χ1v) is 14.9. The summed E-state index contributed by atoms with van der Waals surface area (Å²) in [5.41, 5.74) is -1.84. The minimum absolute atomic E-state index is 0.0652. The highest BCUT2D eigenvalue weighted by atomic mass is 79.9. The van der Waals surface area contributed by atoms with Gasteiger partial charge in [-0.3, -0.25) is 14.4 Å². The number of fused-ring (bicyclic) bond motifs is 1. The number of hydrogen-bond donors (Lipinski definition) is 1. The number of ether oxygens (including phenoxy) is 2. The minimum atomic E-state index is -1.21. The number of carbonyl (C=O) groups excluding carboxylic acids is 3. The van der Waals surface area contributed by atoms with Crippen LogP contribution in [0.25, 0.3) is 0 Å². The van der Waals surface area contributed by atoms with E-state index in [-0.39, 0.29) is 41.2 Å². The summed E-state index contributed by atoms with van der Waals surface area (Å²) in [6.45, 7) is 22.0. The van der Waals surface area contributed by atoms with Crippen molar-refractivity contribution in [1.82, 2.24) is 9.80 Å². The zero-order valence-electron chi connectivity index (χ0n) is 24.6. The van der Waals surface area contributed by atoms with Gasteiger partial charge in [-0.25, -0.2) is 0 Å². The zero-order valence-corrected chi connectivity index (χ0v) is 26.2. The fraction of sp³-hybridized carbons (Fsp3) is 0.767. The zero-order chi connectivity index (χ0) is 29.5. The Labute approximate surface area is 242 Å². The molecule has 39 heavy (non-hydrogen) atoms. The lowest BCUT2D eigenvalue weighted by Gasteiger charge is -2.47. The summed E-state index contributed by atoms with van der Waals surface area (Å²) in [6, 6.07) is -1.61. The van der Waals surface area contributed by atoms with Crippen LogP contribution < -0.4 is 0 Å². The number of carbonyl (C=O) groups is 3. The van der Waals surface area contributed by atoms with Crippen molar-refractivity contribution in [3.8, 4) is 0 Å². The smallest absolute Gasteiger partial charge is 0.312 e. The topological polar surface area (TPSA) is 96.4 Å². The highest BCUT2D eigenvalue weighted by molar-refractivity contribution is 9.09. The van der Waals surface area contributed by atoms with Gasteiger partial charge in [0.05, 0.1) is 37.2 Å². The molecule has 2 bridgehead atoms. The van der Waals surface area contributed by atoms with Crippen LogP contribution in [0.1, 0.15) is 67.7 Å². The van der Waals surface area contributed by atoms with Gasteiger partial charge in [-0.1, -0.05) is 62.7 Å². The van der Waals surface area contributed by atoms with Crippen molar-refractivity contribution in [3.05, 3.63) is 25.3 Å². The maximum atomic E-state index is 14.8. The largest absolute Gasteiger partial charge is 0.465 e. The van der Waals surface area contributed by atoms with Gasteiger partial charge < -0.3 is 24.4 Å². The summed E-state index contributed by atoms with van der Waals surface area (Å²) in [5, 5.41) is 10.4. The number of rotatable bonds is 12. The molecule has 3 fully saturated rings. The van der Waals surface area contributed by atoms with Crippen LogP contribution in [0.4, 0.5) is 0 Å². The van der Waals surface area contributed by atoms with Crippen LogP contribution >= 0.6 is 15.9 Å². The van der Waals surface area contributed by atoms with E-state index in [4.69, 9.17) is 9.47 Å². The molecule has 2 amide bonds. The van der Waals surface area contributed by atoms with E-state index in [1.54, 1.807) is 17.1 Å². The van der Waals surface area contributed by atoms with Crippen LogP contribution in [0.2, 0.25) is 0 Å². The molecule has 1 spiro atoms. The quantitative estimate of drug-likeness (QED) is 0.155. The Morgan fingerprint density at radius 2 is 1.90 bits per heavy atom. The van der Waals surface area contributed by atoms with Crippen molar-refractivity contribution < 1.29 is 29.0 Å². The second kappa shape index (κ2) is 11.6. The molecule has 3 aliphatic rings. The number of hydrogen-bond acceptors (Lipinski definition) is 6. The molecule has 3 unspecified atom stereocenters. The van der Waals surface area contributed by atoms with E-state index in [9.17, 15) is 19.5 Å². The van der Waals surface area contributed by atoms with Crippen LogP contribution in [0, 0.1) is 23.2 Å². The number of nitrogens with zero attached hydrogens (tertiary/aromatic N) is 2. The average molecular weight is 612 g/mol. The third kappa shape index (κ3) is 5.73. The summed E-state index contributed by atoms with van der Waals surface area (Å²) >= 11 is 3.69. The lowest BCUT2D eigenvalue weighted by Crippen LogP contribution is -2.63. The van der Waals surface area contributed by atoms with Crippen LogP contribution in [-0.4, -0.2) is 86.6 Å². The predicted octanol–water partition coefficient (Wildman–Crippen LogP) is 4.10. The number of aliphatic hydroxyl groups excluding tert-OH is 1. The fourth-order valence-electron chi connectivity index (χ4n) is 7.24. The molecule has 9 heteroatoms. The summed E-state index contributed by atoms with van der Waals surface area (Å²) in [6.07, 6.45) is 4.39. The number of amides is 2. The van der Waals surface area contributed by atoms with E-state index in [0.29, 0.717) is 25.8 Å². The molecule has 3 aliphatic heterocycles. The third-order valence-electron chi connectivity index (χ3n) is 8.38. The molecule has 3 rings (SSSR count). The molecule has 3 heterocycles. The summed E-state index contributed by atoms with van der Waals surface area (Å²) < 4.78 is 12.1. The van der Waals surface area contributed by atoms with E-state index in [1.807, 2.05) is 27.7 Å². The van der Waals surface area contributed by atoms with Gasteiger partial charge in [0.2, 0.25) is 11.8 Å². The first-order valence-electron chi connectivity index (χ1n) is 14.0. The van der Waals surface area contributed by atoms with Crippen molar-refractivity contribution in [2.45, 2.75) is 102 Å². The van der Waals surface area contributed by atoms with Gasteiger partial charge in [0, 0.05) is 16.9 Å². The highest BCUT2D eigenvalue weighted by Gasteiger charge is 2.77. The molecule has 220 valence electrons. The summed E-state index contributed by atoms with van der Waals surface area (Å²) in [5.74, 6) is -2.93. The predicted molar refractivity (Wildman–Crippen MR) is 154 cm³/mol. The monoisotopic (exact) mass is 610 g/mol. The van der Waals surface area contributed by atoms with Gasteiger partial charge in [0.25, 0.3) is 0 Å². The molecule has 0 aromatic rings. The molecule has 0 aliphatic carbocycles. The number of esters is 1. The first kappa shape index (κ1) is 31.8. The van der Waals surface area contributed by atoms with Gasteiger partial charge in [-0.05, 0) is 44.4 Å². The van der Waals surface area contributed by atoms with Crippen molar-refractivity contribution >= 4 is 33.7 Å². The number of halogens is 1. The molecular weight excluding hydrogens is 564 g/mol. The molecule has 0 radical (unpaired) electrons. The van der Waals surface area contributed by atoms with Crippen LogP contribution in [0.5, 0.6) is 0 Å². The van der Waals surface area contributed by atoms with E-state index >= 15 is 0 Å². The van der Waals surface area contributed by atoms with Crippen molar-refractivity contribution in [2.75, 3.05) is 19.8 Å². The Bertz CT molecular complexity index is 975. The maximum Gasteiger partial charge on any atom is 0.312 e. The Morgan fingerprint density at radius 1 is 1.26 bits per heavy atom. The molecule has 3 saturated heterocycles. The van der Waals surface area contributed by atoms with E-state index < -0.39 is 47.1 Å². The SMILES string of the molecule is C=CCCOC(=O)[C@H]1[C@H]2C(=O)N([C@@H](CO)C(C)C)C(C(=O)N(CC=C)C(C)(C)CC(C)(C)C)C23CC(Br)[C@@H]1O3.